The van der Waals surface area contributed by atoms with E-state index in [0.717, 1.165) is 18.5 Å². The van der Waals surface area contributed by atoms with Crippen molar-refractivity contribution in [1.82, 2.24) is 30.2 Å². The molecule has 3 aliphatic rings. The number of β-amino-alcohol motifs (C(OH)–C–C–N with tert-alkyl or cyclic N) is 1. The summed E-state index contributed by atoms with van der Waals surface area (Å²) < 4.78 is 71.8. The van der Waals surface area contributed by atoms with Crippen molar-refractivity contribution in [2.45, 2.75) is 304 Å². The summed E-state index contributed by atoms with van der Waals surface area (Å²) in [6, 6.07) is 0.554. The largest absolute Gasteiger partial charge is 0.468 e. The number of likely N-dealkylation sites (N-methyl/N-ethyl adjacent to an activating group) is 6. The Hall–Kier alpha value is -5.43. The molecule has 0 spiro atoms. The molecule has 3 aliphatic heterocycles. The maximum atomic E-state index is 12.0. The van der Waals surface area contributed by atoms with Crippen LogP contribution in [0.25, 0.3) is 0 Å². The van der Waals surface area contributed by atoms with Gasteiger partial charge in [0.2, 0.25) is 0 Å². The lowest BCUT2D eigenvalue weighted by Gasteiger charge is -2.39. The minimum absolute atomic E-state index is 0.0254. The molecule has 6 N–H and O–H groups in total. The van der Waals surface area contributed by atoms with E-state index in [1.807, 2.05) is 174 Å². The number of rotatable bonds is 33. The van der Waals surface area contributed by atoms with Gasteiger partial charge < -0.3 is 92.9 Å². The average Bonchev–Trinajstić information content (AvgIpc) is 0.832. The van der Waals surface area contributed by atoms with Gasteiger partial charge in [-0.25, -0.2) is 4.79 Å². The summed E-state index contributed by atoms with van der Waals surface area (Å²) in [5.41, 5.74) is 3.20. The lowest BCUT2D eigenvalue weighted by molar-refractivity contribution is -0.169. The lowest BCUT2D eigenvalue weighted by atomic mass is 9.89. The van der Waals surface area contributed by atoms with Crippen molar-refractivity contribution in [3.63, 3.8) is 0 Å². The standard InChI is InChI=1S/C14H27NO5.C13H25NO4.C13H23NO4.C13H23NO3.C11H23NO3.2C10H21NO3/c1-14(2,3)20-12(16)8-7-11(10-18-5)15(4)9-13(17)19-6;2*1-13(2,3)18-12(16)10-6-9(8-17-5)14(4)7-11(10)15;1-13(2,3)17-12(15)10-6-7-14(4)11(8-10)9-16-5;1-11(2,3)15-10(13)7-6-9(12-4)8-14-5;1-10(2,3)14-9(12)6-5-8(11)7-13-4;1-10(2,3)14-9(13)6-5-8(7-12)11-4/h11H,7-10H2,1-6H3;9-11,15H,6-8H2,1-5H3;9-10H,6-8H2,1-5H3;6,11H,7-9H2,1-5H3;9,12H,6-8H2,1-5H3;8H,5-7,11H2,1-4H3;8,11-12H,5-7H2,1-4H3/t11-;9-,10?,11?;9-,10?;11-;9-;2*8-/m0000000/s1. The zero-order chi connectivity index (χ0) is 90.9. The van der Waals surface area contributed by atoms with Crippen molar-refractivity contribution in [2.24, 2.45) is 17.6 Å². The molecule has 2 saturated heterocycles. The molecule has 3 unspecified atom stereocenters. The van der Waals surface area contributed by atoms with E-state index < -0.39 is 63.1 Å². The number of hydrogen-bond donors (Lipinski definition) is 5. The predicted octanol–water partition coefficient (Wildman–Crippen LogP) is 7.47. The van der Waals surface area contributed by atoms with Gasteiger partial charge in [0, 0.05) is 129 Å². The number of nitrogens with two attached hydrogens (primary N) is 1. The molecule has 684 valence electrons. The molecule has 0 aromatic rings. The Labute approximate surface area is 697 Å². The minimum Gasteiger partial charge on any atom is -0.468 e. The third kappa shape index (κ3) is 63.6. The van der Waals surface area contributed by atoms with Crippen LogP contribution in [-0.4, -0.2) is 335 Å². The number of likely N-dealkylation sites (tertiary alicyclic amines) is 2. The fourth-order valence-electron chi connectivity index (χ4n) is 11.0. The summed E-state index contributed by atoms with van der Waals surface area (Å²) in [4.78, 5) is 113. The van der Waals surface area contributed by atoms with Gasteiger partial charge in [-0.15, -0.1) is 0 Å². The van der Waals surface area contributed by atoms with Crippen LogP contribution in [0, 0.1) is 11.8 Å². The number of carbonyl (C=O) groups excluding carboxylic acids is 9. The van der Waals surface area contributed by atoms with Crippen LogP contribution in [0.5, 0.6) is 0 Å². The van der Waals surface area contributed by atoms with Gasteiger partial charge in [0.1, 0.15) is 45.1 Å². The first-order chi connectivity index (χ1) is 53.1. The first-order valence-electron chi connectivity index (χ1n) is 40.1. The van der Waals surface area contributed by atoms with Crippen molar-refractivity contribution in [1.29, 1.82) is 0 Å². The zero-order valence-corrected chi connectivity index (χ0v) is 78.1. The molecular formula is C84H163N7O25. The first-order valence-corrected chi connectivity index (χ1v) is 40.1. The fourth-order valence-corrected chi connectivity index (χ4v) is 11.0. The molecule has 2 fully saturated rings. The van der Waals surface area contributed by atoms with Gasteiger partial charge >= 0.3 is 47.8 Å². The van der Waals surface area contributed by atoms with E-state index in [2.05, 4.69) is 20.3 Å². The Bertz CT molecular complexity index is 2780. The molecule has 3 rings (SSSR count). The van der Waals surface area contributed by atoms with Crippen LogP contribution in [0.3, 0.4) is 0 Å². The zero-order valence-electron chi connectivity index (χ0n) is 78.1. The number of aliphatic hydroxyl groups is 2. The highest BCUT2D eigenvalue weighted by Crippen LogP contribution is 2.28. The number of carbonyl (C=O) groups is 9. The normalized spacial score (nSPS) is 19.4. The average molecular weight is 1670 g/mol. The van der Waals surface area contributed by atoms with Crippen LogP contribution >= 0.6 is 0 Å². The molecule has 0 aromatic heterocycles. The number of piperidine rings is 2. The third-order valence-corrected chi connectivity index (χ3v) is 16.7. The number of nitrogens with one attached hydrogen (secondary N) is 2. The van der Waals surface area contributed by atoms with E-state index in [1.54, 1.807) is 77.5 Å². The molecular weight excluding hydrogens is 1510 g/mol. The number of hydrogen-bond acceptors (Lipinski definition) is 32. The summed E-state index contributed by atoms with van der Waals surface area (Å²) in [7, 11) is 22.4. The molecule has 10 atom stereocenters. The number of ether oxygens (including phenoxy) is 14. The smallest absolute Gasteiger partial charge is 0.334 e. The van der Waals surface area contributed by atoms with Gasteiger partial charge in [-0.05, 0) is 233 Å². The topological polar surface area (TPSA) is 386 Å². The van der Waals surface area contributed by atoms with E-state index >= 15 is 0 Å². The van der Waals surface area contributed by atoms with Crippen molar-refractivity contribution < 1.29 is 120 Å². The molecule has 0 radical (unpaired) electrons. The molecule has 0 saturated carbocycles. The Kier molecular flexibility index (Phi) is 59.8. The quantitative estimate of drug-likeness (QED) is 0.0241. The third-order valence-electron chi connectivity index (χ3n) is 16.7. The van der Waals surface area contributed by atoms with Crippen molar-refractivity contribution in [3.8, 4) is 0 Å². The summed E-state index contributed by atoms with van der Waals surface area (Å²) >= 11 is 0. The predicted molar refractivity (Wildman–Crippen MR) is 447 cm³/mol. The summed E-state index contributed by atoms with van der Waals surface area (Å²) in [5.74, 6) is -3.25. The van der Waals surface area contributed by atoms with Gasteiger partial charge in [0.15, 0.2) is 5.78 Å². The molecule has 116 heavy (non-hydrogen) atoms. The second kappa shape index (κ2) is 59.3. The number of ketones is 1. The van der Waals surface area contributed by atoms with E-state index in [-0.39, 0.29) is 116 Å². The van der Waals surface area contributed by atoms with E-state index in [1.165, 1.54) is 7.11 Å². The second-order valence-corrected chi connectivity index (χ2v) is 36.2. The monoisotopic (exact) mass is 1670 g/mol. The van der Waals surface area contributed by atoms with Gasteiger partial charge in [-0.3, -0.25) is 58.0 Å². The molecule has 3 heterocycles. The SMILES string of the molecule is CN[C@@H](CCC(=O)OC(C)(C)C)COC.CN[C@H](CO)CCC(=O)OC(C)(C)C.COC[C@@H](N)CCC(=O)OC(C)(C)C.COC[C@@H]1CC(C(=O)OC(C)(C)C)=CCN1C.COC[C@@H]1CC(C(=O)OC(C)(C)C)C(=O)CN1C.COC[C@@H]1CC(C(=O)OC(C)(C)C)C(O)CN1C.COC[C@H](CCC(=O)OC(C)(C)C)N(C)CC(=O)OC. The van der Waals surface area contributed by atoms with Crippen LogP contribution in [0.2, 0.25) is 0 Å². The summed E-state index contributed by atoms with van der Waals surface area (Å²) in [5, 5.41) is 24.9. The Balaban J connectivity index is -0.000000633. The van der Waals surface area contributed by atoms with Crippen molar-refractivity contribution in [2.75, 3.05) is 164 Å². The number of methoxy groups -OCH3 is 7. The fraction of sp³-hybridized carbons (Fsp3) is 0.869. The number of Topliss-reactive ketones (excluding diaryl/α,β-unsaturated/α-hetero) is 1. The molecule has 0 aliphatic carbocycles. The highest BCUT2D eigenvalue weighted by Gasteiger charge is 2.41. The van der Waals surface area contributed by atoms with Crippen LogP contribution in [0.4, 0.5) is 0 Å². The second-order valence-electron chi connectivity index (χ2n) is 36.2. The first kappa shape index (κ1) is 117. The van der Waals surface area contributed by atoms with Gasteiger partial charge in [-0.2, -0.15) is 0 Å². The van der Waals surface area contributed by atoms with E-state index in [0.29, 0.717) is 104 Å². The van der Waals surface area contributed by atoms with Gasteiger partial charge in [0.25, 0.3) is 0 Å². The maximum Gasteiger partial charge on any atom is 0.334 e. The van der Waals surface area contributed by atoms with Crippen molar-refractivity contribution in [3.05, 3.63) is 11.6 Å². The lowest BCUT2D eigenvalue weighted by Crippen LogP contribution is -2.52. The summed E-state index contributed by atoms with van der Waals surface area (Å²) in [6.45, 7) is 43.7. The molecule has 0 amide bonds. The van der Waals surface area contributed by atoms with Gasteiger partial charge in [-0.1, -0.05) is 6.08 Å². The van der Waals surface area contributed by atoms with Crippen LogP contribution in [-0.2, 0) is 109 Å². The minimum atomic E-state index is -0.669. The van der Waals surface area contributed by atoms with E-state index in [4.69, 9.17) is 72.4 Å². The highest BCUT2D eigenvalue weighted by atomic mass is 16.6. The number of esters is 8. The number of aliphatic hydroxyl groups excluding tert-OH is 2. The highest BCUT2D eigenvalue weighted by molar-refractivity contribution is 6.00. The van der Waals surface area contributed by atoms with Gasteiger partial charge in [0.05, 0.1) is 78.5 Å². The Morgan fingerprint density at radius 3 is 1.27 bits per heavy atom. The van der Waals surface area contributed by atoms with Crippen molar-refractivity contribution >= 4 is 53.5 Å². The number of nitrogens with zero attached hydrogens (tertiary/aromatic N) is 4. The molecule has 0 aromatic carbocycles. The Morgan fingerprint density at radius 2 is 0.879 bits per heavy atom. The van der Waals surface area contributed by atoms with Crippen LogP contribution in [0.1, 0.15) is 216 Å². The summed E-state index contributed by atoms with van der Waals surface area (Å²) in [6.07, 6.45) is 6.91. The molecule has 0 bridgehead atoms. The van der Waals surface area contributed by atoms with Crippen LogP contribution < -0.4 is 16.4 Å². The maximum absolute atomic E-state index is 12.0. The van der Waals surface area contributed by atoms with E-state index in [9.17, 15) is 48.3 Å². The Morgan fingerprint density at radius 1 is 0.491 bits per heavy atom. The molecule has 32 nitrogen and oxygen atoms in total. The van der Waals surface area contributed by atoms with Crippen LogP contribution in [0.15, 0.2) is 11.6 Å². The molecule has 32 heteroatoms.